The topological polar surface area (TPSA) is 78.3 Å². The number of aromatic amines is 1. The zero-order valence-electron chi connectivity index (χ0n) is 26.2. The zero-order valence-corrected chi connectivity index (χ0v) is 27.0. The van der Waals surface area contributed by atoms with Crippen molar-refractivity contribution in [2.75, 3.05) is 16.8 Å². The van der Waals surface area contributed by atoms with Gasteiger partial charge in [-0.05, 0) is 104 Å². The van der Waals surface area contributed by atoms with Gasteiger partial charge < -0.3 is 19.6 Å². The standard InChI is InChI=1S/C36H43N3O3S/c1-22-18-23(2)33(24(3)19-22)38-34(41)36(13-16-43-17-14-36)39(21-26-10-9-15-42-26)30(40)20-28-32(35(28,5)6)31-25(4)37-29-12-8-7-11-27(29)31/h7-12,15,18-19,28,32,37H,13-14,16-17,20-21H2,1-6H3,(H,38,41)/t28-,32+/m0/s1. The summed E-state index contributed by atoms with van der Waals surface area (Å²) in [5, 5.41) is 4.54. The van der Waals surface area contributed by atoms with Crippen molar-refractivity contribution in [1.82, 2.24) is 9.88 Å². The van der Waals surface area contributed by atoms with E-state index in [1.807, 2.05) is 42.6 Å². The fourth-order valence-electron chi connectivity index (χ4n) is 7.67. The minimum Gasteiger partial charge on any atom is -0.467 e. The molecule has 2 amide bonds. The summed E-state index contributed by atoms with van der Waals surface area (Å²) < 4.78 is 5.77. The number of benzene rings is 2. The predicted molar refractivity (Wildman–Crippen MR) is 175 cm³/mol. The van der Waals surface area contributed by atoms with Crippen LogP contribution in [0.15, 0.2) is 59.2 Å². The number of nitrogens with zero attached hydrogens (tertiary/aromatic N) is 1. The van der Waals surface area contributed by atoms with Crippen LogP contribution in [0.4, 0.5) is 5.69 Å². The summed E-state index contributed by atoms with van der Waals surface area (Å²) >= 11 is 1.85. The number of aryl methyl sites for hydroxylation is 4. The second kappa shape index (κ2) is 11.2. The number of nitrogens with one attached hydrogen (secondary N) is 2. The third-order valence-corrected chi connectivity index (χ3v) is 11.1. The van der Waals surface area contributed by atoms with E-state index in [-0.39, 0.29) is 35.6 Å². The number of rotatable bonds is 8. The van der Waals surface area contributed by atoms with Crippen molar-refractivity contribution >= 4 is 40.2 Å². The van der Waals surface area contributed by atoms with Crippen molar-refractivity contribution < 1.29 is 14.0 Å². The van der Waals surface area contributed by atoms with E-state index in [1.54, 1.807) is 6.26 Å². The molecule has 1 saturated heterocycles. The maximum Gasteiger partial charge on any atom is 0.250 e. The summed E-state index contributed by atoms with van der Waals surface area (Å²) in [5.74, 6) is 2.72. The van der Waals surface area contributed by atoms with Crippen LogP contribution >= 0.6 is 11.8 Å². The number of aromatic nitrogens is 1. The number of hydrogen-bond donors (Lipinski definition) is 2. The van der Waals surface area contributed by atoms with Crippen LogP contribution < -0.4 is 5.32 Å². The van der Waals surface area contributed by atoms with Gasteiger partial charge in [0.1, 0.15) is 11.3 Å². The van der Waals surface area contributed by atoms with Gasteiger partial charge in [0.15, 0.2) is 0 Å². The quantitative estimate of drug-likeness (QED) is 0.215. The van der Waals surface area contributed by atoms with Crippen LogP contribution in [0, 0.1) is 39.0 Å². The van der Waals surface area contributed by atoms with Crippen molar-refractivity contribution in [1.29, 1.82) is 0 Å². The second-order valence-electron chi connectivity index (χ2n) is 13.2. The lowest BCUT2D eigenvalue weighted by Gasteiger charge is -2.45. The lowest BCUT2D eigenvalue weighted by Crippen LogP contribution is -2.60. The van der Waals surface area contributed by atoms with Gasteiger partial charge in [-0.1, -0.05) is 49.7 Å². The van der Waals surface area contributed by atoms with Crippen molar-refractivity contribution in [3.63, 3.8) is 0 Å². The Morgan fingerprint density at radius 2 is 1.72 bits per heavy atom. The molecule has 2 aromatic carbocycles. The monoisotopic (exact) mass is 597 g/mol. The maximum atomic E-state index is 14.6. The molecular weight excluding hydrogens is 554 g/mol. The molecule has 1 aliphatic carbocycles. The highest BCUT2D eigenvalue weighted by molar-refractivity contribution is 7.99. The van der Waals surface area contributed by atoms with Gasteiger partial charge in [0.2, 0.25) is 11.8 Å². The molecule has 7 heteroatoms. The van der Waals surface area contributed by atoms with E-state index >= 15 is 0 Å². The first kappa shape index (κ1) is 29.6. The highest BCUT2D eigenvalue weighted by atomic mass is 32.2. The van der Waals surface area contributed by atoms with Gasteiger partial charge in [-0.25, -0.2) is 0 Å². The number of H-pyrrole nitrogens is 1. The average Bonchev–Trinajstić information content (AvgIpc) is 3.34. The lowest BCUT2D eigenvalue weighted by atomic mass is 9.87. The first-order valence-electron chi connectivity index (χ1n) is 15.4. The number of thioether (sulfide) groups is 1. The summed E-state index contributed by atoms with van der Waals surface area (Å²) in [5.41, 5.74) is 6.72. The van der Waals surface area contributed by atoms with E-state index in [4.69, 9.17) is 4.42 Å². The second-order valence-corrected chi connectivity index (χ2v) is 14.5. The number of anilines is 1. The van der Waals surface area contributed by atoms with Crippen LogP contribution in [0.2, 0.25) is 0 Å². The molecule has 2 fully saturated rings. The molecule has 226 valence electrons. The number of carbonyl (C=O) groups is 2. The number of carbonyl (C=O) groups excluding carboxylic acids is 2. The third kappa shape index (κ3) is 5.30. The SMILES string of the molecule is Cc1cc(C)c(NC(=O)C2(N(Cc3ccco3)C(=O)C[C@H]3[C@H](c4c(C)[nH]c5ccccc45)C3(C)C)CCSCC2)c(C)c1. The van der Waals surface area contributed by atoms with Gasteiger partial charge in [-0.15, -0.1) is 0 Å². The highest BCUT2D eigenvalue weighted by Gasteiger charge is 2.60. The van der Waals surface area contributed by atoms with Gasteiger partial charge >= 0.3 is 0 Å². The molecule has 0 unspecified atom stereocenters. The minimum atomic E-state index is -0.954. The molecule has 0 bridgehead atoms. The average molecular weight is 598 g/mol. The van der Waals surface area contributed by atoms with E-state index < -0.39 is 5.54 Å². The molecule has 2 N–H and O–H groups in total. The Bertz CT molecular complexity index is 1640. The molecule has 2 atom stereocenters. The molecule has 2 aliphatic rings. The highest BCUT2D eigenvalue weighted by Crippen LogP contribution is 2.67. The van der Waals surface area contributed by atoms with Crippen molar-refractivity contribution in [2.24, 2.45) is 11.3 Å². The molecular formula is C36H43N3O3S. The molecule has 3 heterocycles. The zero-order chi connectivity index (χ0) is 30.5. The number of fused-ring (bicyclic) bond motifs is 1. The summed E-state index contributed by atoms with van der Waals surface area (Å²) in [6.45, 7) is 13.1. The summed E-state index contributed by atoms with van der Waals surface area (Å²) in [6, 6.07) is 16.4. The van der Waals surface area contributed by atoms with Crippen molar-refractivity contribution in [3.8, 4) is 0 Å². The van der Waals surface area contributed by atoms with E-state index in [2.05, 4.69) is 74.4 Å². The Morgan fingerprint density at radius 3 is 2.40 bits per heavy atom. The molecule has 0 spiro atoms. The molecule has 4 aromatic rings. The molecule has 1 saturated carbocycles. The largest absolute Gasteiger partial charge is 0.467 e. The predicted octanol–water partition coefficient (Wildman–Crippen LogP) is 8.06. The van der Waals surface area contributed by atoms with Crippen molar-refractivity contribution in [2.45, 2.75) is 78.8 Å². The van der Waals surface area contributed by atoms with Gasteiger partial charge in [0.25, 0.3) is 0 Å². The normalized spacial score (nSPS) is 20.6. The van der Waals surface area contributed by atoms with Crippen LogP contribution in [0.25, 0.3) is 10.9 Å². The van der Waals surface area contributed by atoms with Crippen LogP contribution in [0.5, 0.6) is 0 Å². The van der Waals surface area contributed by atoms with E-state index in [1.165, 1.54) is 22.2 Å². The van der Waals surface area contributed by atoms with Gasteiger partial charge in [0.05, 0.1) is 12.8 Å². The van der Waals surface area contributed by atoms with Crippen LogP contribution in [-0.2, 0) is 16.1 Å². The fourth-order valence-corrected chi connectivity index (χ4v) is 8.84. The fraction of sp³-hybridized carbons (Fsp3) is 0.444. The Labute approximate surface area is 259 Å². The number of hydrogen-bond acceptors (Lipinski definition) is 4. The summed E-state index contributed by atoms with van der Waals surface area (Å²) in [4.78, 5) is 34.5. The Hall–Kier alpha value is -3.45. The first-order chi connectivity index (χ1) is 20.5. The molecule has 43 heavy (non-hydrogen) atoms. The number of amides is 2. The summed E-state index contributed by atoms with van der Waals surface area (Å²) in [6.07, 6.45) is 3.25. The van der Waals surface area contributed by atoms with Crippen molar-refractivity contribution in [3.05, 3.63) is 88.5 Å². The van der Waals surface area contributed by atoms with Gasteiger partial charge in [-0.3, -0.25) is 9.59 Å². The first-order valence-corrected chi connectivity index (χ1v) is 16.6. The molecule has 0 radical (unpaired) electrons. The van der Waals surface area contributed by atoms with E-state index in [9.17, 15) is 9.59 Å². The Kier molecular flexibility index (Phi) is 7.74. The molecule has 6 rings (SSSR count). The van der Waals surface area contributed by atoms with Crippen LogP contribution in [-0.4, -0.2) is 38.7 Å². The third-order valence-electron chi connectivity index (χ3n) is 10.1. The summed E-state index contributed by atoms with van der Waals surface area (Å²) in [7, 11) is 0. The van der Waals surface area contributed by atoms with Gasteiger partial charge in [-0.2, -0.15) is 11.8 Å². The Balaban J connectivity index is 1.34. The minimum absolute atomic E-state index is 0.0221. The number of para-hydroxylation sites is 1. The Morgan fingerprint density at radius 1 is 1.02 bits per heavy atom. The van der Waals surface area contributed by atoms with Gasteiger partial charge in [0, 0.05) is 28.7 Å². The van der Waals surface area contributed by atoms with Crippen LogP contribution in [0.3, 0.4) is 0 Å². The van der Waals surface area contributed by atoms with E-state index in [0.717, 1.165) is 33.8 Å². The number of furan rings is 1. The maximum absolute atomic E-state index is 14.6. The van der Waals surface area contributed by atoms with Crippen LogP contribution in [0.1, 0.15) is 72.7 Å². The lowest BCUT2D eigenvalue weighted by molar-refractivity contribution is -0.148. The molecule has 6 nitrogen and oxygen atoms in total. The van der Waals surface area contributed by atoms with E-state index in [0.29, 0.717) is 25.0 Å². The molecule has 2 aromatic heterocycles. The smallest absolute Gasteiger partial charge is 0.250 e. The molecule has 1 aliphatic heterocycles.